The Bertz CT molecular complexity index is 837. The van der Waals surface area contributed by atoms with Crippen molar-refractivity contribution in [1.29, 1.82) is 0 Å². The van der Waals surface area contributed by atoms with Crippen LogP contribution in [0.1, 0.15) is 6.23 Å². The third-order valence-corrected chi connectivity index (χ3v) is 5.23. The van der Waals surface area contributed by atoms with Crippen LogP contribution in [-0.4, -0.2) is 84.0 Å². The Morgan fingerprint density at radius 2 is 2.21 bits per heavy atom. The van der Waals surface area contributed by atoms with Gasteiger partial charge >= 0.3 is 7.82 Å². The first-order valence-electron chi connectivity index (χ1n) is 6.50. The van der Waals surface area contributed by atoms with Gasteiger partial charge in [0.05, 0.1) is 6.61 Å². The van der Waals surface area contributed by atoms with Crippen LogP contribution in [0.5, 0.6) is 0 Å². The molecule has 5 atom stereocenters. The third kappa shape index (κ3) is 2.94. The first kappa shape index (κ1) is 18.6. The van der Waals surface area contributed by atoms with E-state index < -0.39 is 32.4 Å². The molecule has 11 nitrogen and oxygen atoms in total. The van der Waals surface area contributed by atoms with Crippen LogP contribution in [0.25, 0.3) is 11.2 Å². The van der Waals surface area contributed by atoms with Gasteiger partial charge in [-0.2, -0.15) is 0 Å². The topological polar surface area (TPSA) is 155 Å². The number of nitrogens with zero attached hydrogens (tertiary/aromatic N) is 4. The smallest absolute Gasteiger partial charge is 0.386 e. The second-order valence-electron chi connectivity index (χ2n) is 5.07. The molecule has 4 heterocycles. The van der Waals surface area contributed by atoms with Gasteiger partial charge in [-0.05, 0) is 15.9 Å². The average molecular weight is 431 g/mol. The third-order valence-electron chi connectivity index (χ3n) is 3.68. The zero-order valence-corrected chi connectivity index (χ0v) is 16.8. The number of nitrogen functional groups attached to an aromatic ring is 1. The quantitative estimate of drug-likeness (QED) is 0.308. The van der Waals surface area contributed by atoms with Crippen LogP contribution in [0.4, 0.5) is 5.82 Å². The minimum atomic E-state index is -4.19. The second kappa shape index (κ2) is 6.54. The maximum Gasteiger partial charge on any atom is 0.472 e. The number of nitrogens with two attached hydrogens (primary N) is 1. The summed E-state index contributed by atoms with van der Waals surface area (Å²) in [5, 5.41) is 10.5. The average Bonchev–Trinajstić information content (AvgIpc) is 2.97. The molecule has 24 heavy (non-hydrogen) atoms. The monoisotopic (exact) mass is 430 g/mol. The standard InChI is InChI=1S/C10H11BrN5O6P.Na/c11-10-15-4-7(12)13-2-14-8(4)16(10)9-5(17)6-3(21-9)1-20-23(18,19)22-6;/h2-3,5-6,9,17H,1H2,(H,18,19)(H2,12,13,14);/t3-,5+,6?,9-;/m1./s1. The molecule has 1 radical (unpaired) electrons. The van der Waals surface area contributed by atoms with Gasteiger partial charge in [0.15, 0.2) is 27.9 Å². The number of aliphatic hydroxyl groups is 1. The molecule has 4 rings (SSSR count). The van der Waals surface area contributed by atoms with Crippen molar-refractivity contribution in [2.45, 2.75) is 24.5 Å². The Morgan fingerprint density at radius 3 is 2.96 bits per heavy atom. The van der Waals surface area contributed by atoms with Gasteiger partial charge in [0.2, 0.25) is 0 Å². The number of aromatic nitrogens is 4. The fourth-order valence-corrected chi connectivity index (χ4v) is 4.19. The number of ether oxygens (including phenoxy) is 1. The number of imidazole rings is 1. The molecule has 0 aromatic carbocycles. The van der Waals surface area contributed by atoms with E-state index in [2.05, 4.69) is 30.9 Å². The molecule has 2 fully saturated rings. The number of phosphoric acid groups is 1. The van der Waals surface area contributed by atoms with Crippen molar-refractivity contribution in [3.63, 3.8) is 0 Å². The Balaban J connectivity index is 0.00000169. The number of phosphoric ester groups is 1. The molecule has 2 saturated heterocycles. The minimum absolute atomic E-state index is 0. The van der Waals surface area contributed by atoms with Crippen molar-refractivity contribution in [2.24, 2.45) is 0 Å². The fourth-order valence-electron chi connectivity index (χ4n) is 2.67. The van der Waals surface area contributed by atoms with E-state index in [0.717, 1.165) is 0 Å². The van der Waals surface area contributed by atoms with E-state index in [1.54, 1.807) is 0 Å². The number of anilines is 1. The summed E-state index contributed by atoms with van der Waals surface area (Å²) in [5.41, 5.74) is 6.45. The molecule has 2 unspecified atom stereocenters. The SMILES string of the molecule is Nc1ncnc2c1nc(Br)n2[C@@H]1O[C@@H]2COP(=O)(O)OC2[C@@H]1O.[Na]. The molecule has 0 spiro atoms. The van der Waals surface area contributed by atoms with Gasteiger partial charge in [-0.15, -0.1) is 0 Å². The van der Waals surface area contributed by atoms with Crippen molar-refractivity contribution in [3.05, 3.63) is 11.1 Å². The Labute approximate surface area is 165 Å². The summed E-state index contributed by atoms with van der Waals surface area (Å²) < 4.78 is 28.6. The summed E-state index contributed by atoms with van der Waals surface area (Å²) in [4.78, 5) is 21.5. The summed E-state index contributed by atoms with van der Waals surface area (Å²) in [7, 11) is -4.19. The first-order chi connectivity index (χ1) is 10.9. The second-order valence-corrected chi connectivity index (χ2v) is 7.19. The van der Waals surface area contributed by atoms with Crippen molar-refractivity contribution < 1.29 is 28.3 Å². The zero-order valence-electron chi connectivity index (χ0n) is 12.3. The number of fused-ring (bicyclic) bond motifs is 2. The molecule has 0 saturated carbocycles. The summed E-state index contributed by atoms with van der Waals surface area (Å²) >= 11 is 3.26. The van der Waals surface area contributed by atoms with E-state index in [-0.39, 0.29) is 42.0 Å². The molecule has 0 aliphatic carbocycles. The van der Waals surface area contributed by atoms with Crippen LogP contribution in [0, 0.1) is 0 Å². The van der Waals surface area contributed by atoms with Crippen molar-refractivity contribution in [3.8, 4) is 0 Å². The van der Waals surface area contributed by atoms with E-state index in [0.29, 0.717) is 15.9 Å². The summed E-state index contributed by atoms with van der Waals surface area (Å²) in [6, 6.07) is 0. The molecule has 14 heteroatoms. The number of hydrogen-bond donors (Lipinski definition) is 3. The predicted molar refractivity (Wildman–Crippen MR) is 83.8 cm³/mol. The van der Waals surface area contributed by atoms with E-state index in [1.165, 1.54) is 10.9 Å². The van der Waals surface area contributed by atoms with Crippen LogP contribution in [0.15, 0.2) is 11.1 Å². The Hall–Kier alpha value is -0.140. The Kier molecular flexibility index (Phi) is 5.08. The van der Waals surface area contributed by atoms with Gasteiger partial charge in [0, 0.05) is 29.6 Å². The summed E-state index contributed by atoms with van der Waals surface area (Å²) in [5.74, 6) is 0.179. The van der Waals surface area contributed by atoms with Gasteiger partial charge in [-0.3, -0.25) is 13.6 Å². The molecule has 0 amide bonds. The van der Waals surface area contributed by atoms with E-state index >= 15 is 0 Å². The summed E-state index contributed by atoms with van der Waals surface area (Å²) in [6.07, 6.45) is -2.62. The molecule has 4 N–H and O–H groups in total. The molecular weight excluding hydrogens is 420 g/mol. The number of halogens is 1. The van der Waals surface area contributed by atoms with Crippen LogP contribution < -0.4 is 5.73 Å². The predicted octanol–water partition coefficient (Wildman–Crippen LogP) is -0.436. The van der Waals surface area contributed by atoms with Crippen molar-refractivity contribution in [1.82, 2.24) is 19.5 Å². The zero-order chi connectivity index (χ0) is 16.4. The first-order valence-corrected chi connectivity index (χ1v) is 8.79. The molecule has 2 aromatic heterocycles. The van der Waals surface area contributed by atoms with E-state index in [1.807, 2.05) is 0 Å². The van der Waals surface area contributed by atoms with E-state index in [4.69, 9.17) is 19.5 Å². The number of hydrogen-bond acceptors (Lipinski definition) is 9. The van der Waals surface area contributed by atoms with Crippen LogP contribution in [-0.2, 0) is 18.3 Å². The molecular formula is C10H11BrN5NaO6P. The Morgan fingerprint density at radius 1 is 1.46 bits per heavy atom. The van der Waals surface area contributed by atoms with Gasteiger partial charge in [0.25, 0.3) is 0 Å². The summed E-state index contributed by atoms with van der Waals surface area (Å²) in [6.45, 7) is -0.173. The van der Waals surface area contributed by atoms with Crippen LogP contribution in [0.3, 0.4) is 0 Å². The maximum absolute atomic E-state index is 11.5. The molecule has 125 valence electrons. The van der Waals surface area contributed by atoms with Crippen LogP contribution >= 0.6 is 23.8 Å². The molecule has 0 bridgehead atoms. The molecule has 2 aliphatic heterocycles. The van der Waals surface area contributed by atoms with E-state index in [9.17, 15) is 14.6 Å². The van der Waals surface area contributed by atoms with Gasteiger partial charge in [-0.1, -0.05) is 0 Å². The van der Waals surface area contributed by atoms with Crippen LogP contribution in [0.2, 0.25) is 0 Å². The molecule has 2 aromatic rings. The fraction of sp³-hybridized carbons (Fsp3) is 0.500. The normalized spacial score (nSPS) is 35.6. The van der Waals surface area contributed by atoms with Gasteiger partial charge < -0.3 is 20.5 Å². The van der Waals surface area contributed by atoms with Crippen molar-refractivity contribution >= 4 is 70.3 Å². The number of rotatable bonds is 1. The van der Waals surface area contributed by atoms with Gasteiger partial charge in [-0.25, -0.2) is 19.5 Å². The number of aliphatic hydroxyl groups excluding tert-OH is 1. The largest absolute Gasteiger partial charge is 0.472 e. The van der Waals surface area contributed by atoms with Gasteiger partial charge in [0.1, 0.15) is 24.6 Å². The minimum Gasteiger partial charge on any atom is -0.386 e. The van der Waals surface area contributed by atoms with Crippen molar-refractivity contribution in [2.75, 3.05) is 12.3 Å². The maximum atomic E-state index is 11.5. The molecule has 2 aliphatic rings.